The van der Waals surface area contributed by atoms with Gasteiger partial charge in [0.25, 0.3) is 11.8 Å². The molecule has 3 aromatic carbocycles. The third-order valence-electron chi connectivity index (χ3n) is 5.57. The molecule has 0 atom stereocenters. The molecule has 1 N–H and O–H groups in total. The van der Waals surface area contributed by atoms with Gasteiger partial charge in [-0.15, -0.1) is 0 Å². The van der Waals surface area contributed by atoms with Gasteiger partial charge >= 0.3 is 12.0 Å². The van der Waals surface area contributed by atoms with Gasteiger partial charge in [0.2, 0.25) is 0 Å². The number of nitrogens with one attached hydrogen (secondary N) is 1. The summed E-state index contributed by atoms with van der Waals surface area (Å²) in [6.07, 6.45) is 1.34. The number of methoxy groups -OCH3 is 1. The molecule has 11 heteroatoms. The Morgan fingerprint density at radius 3 is 2.49 bits per heavy atom. The predicted molar refractivity (Wildman–Crippen MR) is 148 cm³/mol. The van der Waals surface area contributed by atoms with E-state index in [1.165, 1.54) is 49.6 Å². The highest BCUT2D eigenvalue weighted by Crippen LogP contribution is 2.35. The number of esters is 1. The molecule has 39 heavy (non-hydrogen) atoms. The molecule has 4 amide bonds. The number of anilines is 1. The molecule has 0 aromatic heterocycles. The van der Waals surface area contributed by atoms with Crippen LogP contribution in [0.25, 0.3) is 6.08 Å². The van der Waals surface area contributed by atoms with Gasteiger partial charge in [0, 0.05) is 0 Å². The zero-order chi connectivity index (χ0) is 28.1. The average molecular weight is 644 g/mol. The molecule has 0 radical (unpaired) electrons. The monoisotopic (exact) mass is 644 g/mol. The third-order valence-corrected chi connectivity index (χ3v) is 6.37. The minimum absolute atomic E-state index is 0.0947. The minimum atomic E-state index is -0.917. The van der Waals surface area contributed by atoms with E-state index in [2.05, 4.69) is 5.32 Å². The van der Waals surface area contributed by atoms with Crippen molar-refractivity contribution in [2.75, 3.05) is 18.6 Å². The number of carbonyl (C=O) groups excluding carboxylic acids is 4. The summed E-state index contributed by atoms with van der Waals surface area (Å²) in [5.41, 5.74) is 1.20. The first-order chi connectivity index (χ1) is 18.7. The fraction of sp³-hybridized carbons (Fsp3) is 0.143. The quantitative estimate of drug-likeness (QED) is 0.161. The maximum Gasteiger partial charge on any atom is 0.338 e. The zero-order valence-electron chi connectivity index (χ0n) is 20.8. The number of urea groups is 1. The molecule has 0 saturated carbocycles. The molecule has 9 nitrogen and oxygen atoms in total. The molecule has 1 saturated heterocycles. The fourth-order valence-electron chi connectivity index (χ4n) is 3.77. The van der Waals surface area contributed by atoms with Gasteiger partial charge in [0.15, 0.2) is 11.5 Å². The van der Waals surface area contributed by atoms with E-state index in [9.17, 15) is 23.6 Å². The van der Waals surface area contributed by atoms with Gasteiger partial charge in [-0.05, 0) is 95.2 Å². The second kappa shape index (κ2) is 12.1. The van der Waals surface area contributed by atoms with Crippen molar-refractivity contribution in [1.29, 1.82) is 0 Å². The number of hydrogen-bond donors (Lipinski definition) is 1. The van der Waals surface area contributed by atoms with Crippen LogP contribution in [0.2, 0.25) is 0 Å². The van der Waals surface area contributed by atoms with E-state index < -0.39 is 23.8 Å². The van der Waals surface area contributed by atoms with Crippen LogP contribution in [-0.2, 0) is 20.9 Å². The van der Waals surface area contributed by atoms with Crippen molar-refractivity contribution in [1.82, 2.24) is 5.32 Å². The lowest BCUT2D eigenvalue weighted by Gasteiger charge is -2.26. The van der Waals surface area contributed by atoms with E-state index in [1.54, 1.807) is 31.2 Å². The van der Waals surface area contributed by atoms with E-state index in [0.29, 0.717) is 26.2 Å². The van der Waals surface area contributed by atoms with Gasteiger partial charge in [-0.2, -0.15) is 0 Å². The van der Waals surface area contributed by atoms with Crippen LogP contribution in [0.5, 0.6) is 11.5 Å². The Hall–Kier alpha value is -4.26. The first-order valence-corrected chi connectivity index (χ1v) is 12.7. The maximum atomic E-state index is 13.5. The van der Waals surface area contributed by atoms with Crippen molar-refractivity contribution >= 4 is 58.2 Å². The summed E-state index contributed by atoms with van der Waals surface area (Å²) >= 11 is 2.02. The molecule has 1 heterocycles. The first kappa shape index (κ1) is 27.8. The number of hydrogen-bond acceptors (Lipinski definition) is 7. The molecule has 0 bridgehead atoms. The lowest BCUT2D eigenvalue weighted by atomic mass is 10.1. The van der Waals surface area contributed by atoms with Crippen LogP contribution in [0.3, 0.4) is 0 Å². The lowest BCUT2D eigenvalue weighted by molar-refractivity contribution is -0.122. The van der Waals surface area contributed by atoms with Crippen molar-refractivity contribution < 1.29 is 37.8 Å². The SMILES string of the molecule is CCOC(=O)c1ccc(N2C(=O)NC(=O)/C(=C\c3cc(I)c(OCc4cccc(F)c4)c(OC)c3)C2=O)cc1. The molecule has 1 aliphatic rings. The third kappa shape index (κ3) is 6.25. The number of halogens is 2. The smallest absolute Gasteiger partial charge is 0.338 e. The largest absolute Gasteiger partial charge is 0.493 e. The average Bonchev–Trinajstić information content (AvgIpc) is 2.90. The fourth-order valence-corrected chi connectivity index (χ4v) is 4.55. The highest BCUT2D eigenvalue weighted by atomic mass is 127. The molecule has 0 spiro atoms. The number of amides is 4. The molecule has 4 rings (SSSR count). The van der Waals surface area contributed by atoms with Gasteiger partial charge in [-0.3, -0.25) is 14.9 Å². The minimum Gasteiger partial charge on any atom is -0.493 e. The summed E-state index contributed by atoms with van der Waals surface area (Å²) in [5.74, 6) is -1.88. The number of imide groups is 2. The number of rotatable bonds is 8. The van der Waals surface area contributed by atoms with Crippen LogP contribution in [0.4, 0.5) is 14.9 Å². The number of ether oxygens (including phenoxy) is 3. The van der Waals surface area contributed by atoms with Crippen LogP contribution in [0.15, 0.2) is 66.2 Å². The Kier molecular flexibility index (Phi) is 8.59. The molecular weight excluding hydrogens is 622 g/mol. The van der Waals surface area contributed by atoms with Crippen molar-refractivity contribution in [2.45, 2.75) is 13.5 Å². The summed E-state index contributed by atoms with van der Waals surface area (Å²) in [4.78, 5) is 51.1. The number of nitrogens with zero attached hydrogens (tertiary/aromatic N) is 1. The van der Waals surface area contributed by atoms with E-state index in [-0.39, 0.29) is 35.9 Å². The van der Waals surface area contributed by atoms with Crippen LogP contribution in [0.1, 0.15) is 28.4 Å². The van der Waals surface area contributed by atoms with Crippen molar-refractivity contribution in [3.8, 4) is 11.5 Å². The topological polar surface area (TPSA) is 111 Å². The molecule has 1 aliphatic heterocycles. The predicted octanol–water partition coefficient (Wildman–Crippen LogP) is 4.86. The summed E-state index contributed by atoms with van der Waals surface area (Å²) in [6.45, 7) is 1.98. The Morgan fingerprint density at radius 1 is 1.08 bits per heavy atom. The van der Waals surface area contributed by atoms with E-state index in [0.717, 1.165) is 4.90 Å². The number of benzene rings is 3. The van der Waals surface area contributed by atoms with Crippen LogP contribution >= 0.6 is 22.6 Å². The van der Waals surface area contributed by atoms with Gasteiger partial charge in [-0.25, -0.2) is 18.9 Å². The van der Waals surface area contributed by atoms with E-state index in [1.807, 2.05) is 22.6 Å². The Balaban J connectivity index is 1.60. The second-order valence-corrected chi connectivity index (χ2v) is 9.34. The number of barbiturate groups is 1. The Bertz CT molecular complexity index is 1490. The molecule has 3 aromatic rings. The van der Waals surface area contributed by atoms with Crippen molar-refractivity contribution in [3.05, 3.63) is 92.3 Å². The summed E-state index contributed by atoms with van der Waals surface area (Å²) in [6, 6.07) is 14.0. The van der Waals surface area contributed by atoms with Crippen molar-refractivity contribution in [2.24, 2.45) is 0 Å². The van der Waals surface area contributed by atoms with E-state index >= 15 is 0 Å². The molecular formula is C28H22FIN2O7. The van der Waals surface area contributed by atoms with Crippen molar-refractivity contribution in [3.63, 3.8) is 0 Å². The lowest BCUT2D eigenvalue weighted by Crippen LogP contribution is -2.54. The standard InChI is InChI=1S/C28H22FIN2O7/c1-3-38-27(35)18-7-9-20(10-8-18)32-26(34)21(25(33)31-28(32)36)12-17-13-22(30)24(23(14-17)37-2)39-15-16-5-4-6-19(29)11-16/h4-14H,3,15H2,1-2H3,(H,31,33,36)/b21-12+. The zero-order valence-corrected chi connectivity index (χ0v) is 23.0. The molecule has 0 aliphatic carbocycles. The van der Waals surface area contributed by atoms with Crippen LogP contribution in [-0.4, -0.2) is 37.5 Å². The summed E-state index contributed by atoms with van der Waals surface area (Å²) < 4.78 is 30.4. The van der Waals surface area contributed by atoms with Crippen LogP contribution in [0, 0.1) is 9.39 Å². The summed E-state index contributed by atoms with van der Waals surface area (Å²) in [7, 11) is 1.44. The normalized spacial score (nSPS) is 14.3. The van der Waals surface area contributed by atoms with Gasteiger partial charge < -0.3 is 14.2 Å². The maximum absolute atomic E-state index is 13.5. The first-order valence-electron chi connectivity index (χ1n) is 11.6. The van der Waals surface area contributed by atoms with Crippen LogP contribution < -0.4 is 19.7 Å². The number of carbonyl (C=O) groups is 4. The Morgan fingerprint density at radius 2 is 1.82 bits per heavy atom. The highest BCUT2D eigenvalue weighted by Gasteiger charge is 2.37. The van der Waals surface area contributed by atoms with Gasteiger partial charge in [0.05, 0.1) is 28.5 Å². The molecule has 1 fully saturated rings. The van der Waals surface area contributed by atoms with Gasteiger partial charge in [0.1, 0.15) is 18.0 Å². The van der Waals surface area contributed by atoms with Gasteiger partial charge in [-0.1, -0.05) is 12.1 Å². The summed E-state index contributed by atoms with van der Waals surface area (Å²) in [5, 5.41) is 2.16. The van der Waals surface area contributed by atoms with E-state index in [4.69, 9.17) is 14.2 Å². The second-order valence-electron chi connectivity index (χ2n) is 8.18. The highest BCUT2D eigenvalue weighted by molar-refractivity contribution is 14.1. The molecule has 0 unspecified atom stereocenters. The molecule has 200 valence electrons. The Labute approximate surface area is 236 Å².